The number of imidazole rings is 1. The third-order valence-electron chi connectivity index (χ3n) is 1.98. The fraction of sp³-hybridized carbons (Fsp3) is 0.111. The first-order valence-corrected chi connectivity index (χ1v) is 4.04. The lowest BCUT2D eigenvalue weighted by atomic mass is 10.1. The number of nitrogens with two attached hydrogens (primary N) is 1. The van der Waals surface area contributed by atoms with Gasteiger partial charge in [-0.1, -0.05) is 0 Å². The number of nitrogens with zero attached hydrogens (tertiary/aromatic N) is 1. The fourth-order valence-electron chi connectivity index (χ4n) is 1.38. The molecule has 0 aliphatic heterocycles. The number of fused-ring (bicyclic) bond motifs is 1. The topological polar surface area (TPSA) is 71.8 Å². The van der Waals surface area contributed by atoms with E-state index in [1.54, 1.807) is 6.92 Å². The van der Waals surface area contributed by atoms with Crippen molar-refractivity contribution in [3.8, 4) is 0 Å². The average Bonchev–Trinajstić information content (AvgIpc) is 2.47. The van der Waals surface area contributed by atoms with E-state index in [2.05, 4.69) is 9.97 Å². The minimum absolute atomic E-state index is 0.152. The number of nitrogens with one attached hydrogen (secondary N) is 1. The van der Waals surface area contributed by atoms with Crippen LogP contribution < -0.4 is 5.73 Å². The smallest absolute Gasteiger partial charge is 0.250 e. The van der Waals surface area contributed by atoms with Crippen LogP contribution >= 0.6 is 0 Å². The number of carbonyl (C=O) groups excluding carboxylic acids is 1. The maximum absolute atomic E-state index is 13.2. The second kappa shape index (κ2) is 2.80. The van der Waals surface area contributed by atoms with Gasteiger partial charge in [-0.3, -0.25) is 4.79 Å². The van der Waals surface area contributed by atoms with Gasteiger partial charge in [-0.25, -0.2) is 9.37 Å². The van der Waals surface area contributed by atoms with E-state index in [0.717, 1.165) is 0 Å². The highest BCUT2D eigenvalue weighted by Gasteiger charge is 2.12. The van der Waals surface area contributed by atoms with Gasteiger partial charge in [0.05, 0.1) is 11.1 Å². The summed E-state index contributed by atoms with van der Waals surface area (Å²) < 4.78 is 13.2. The number of carbonyl (C=O) groups is 1. The molecule has 1 aromatic carbocycles. The molecular formula is C9H8FN3O. The van der Waals surface area contributed by atoms with Crippen LogP contribution in [0.1, 0.15) is 16.2 Å². The van der Waals surface area contributed by atoms with Crippen molar-refractivity contribution in [2.45, 2.75) is 6.92 Å². The van der Waals surface area contributed by atoms with Gasteiger partial charge in [0.25, 0.3) is 5.91 Å². The zero-order chi connectivity index (χ0) is 10.3. The van der Waals surface area contributed by atoms with Gasteiger partial charge in [0.15, 0.2) is 5.82 Å². The Hall–Kier alpha value is -1.91. The summed E-state index contributed by atoms with van der Waals surface area (Å²) in [4.78, 5) is 17.7. The minimum Gasteiger partial charge on any atom is -0.366 e. The van der Waals surface area contributed by atoms with E-state index in [-0.39, 0.29) is 11.1 Å². The monoisotopic (exact) mass is 193 g/mol. The molecule has 1 heterocycles. The Morgan fingerprint density at radius 1 is 1.57 bits per heavy atom. The Balaban J connectivity index is 2.87. The summed E-state index contributed by atoms with van der Waals surface area (Å²) >= 11 is 0. The number of hydrogen-bond donors (Lipinski definition) is 2. The third kappa shape index (κ3) is 1.14. The van der Waals surface area contributed by atoms with Crippen LogP contribution in [-0.4, -0.2) is 15.9 Å². The normalized spacial score (nSPS) is 10.7. The van der Waals surface area contributed by atoms with Crippen molar-refractivity contribution in [1.82, 2.24) is 9.97 Å². The number of aryl methyl sites for hydroxylation is 1. The van der Waals surface area contributed by atoms with Crippen LogP contribution in [0.4, 0.5) is 4.39 Å². The van der Waals surface area contributed by atoms with Gasteiger partial charge in [-0.05, 0) is 19.1 Å². The van der Waals surface area contributed by atoms with Crippen LogP contribution in [0.3, 0.4) is 0 Å². The minimum atomic E-state index is -0.598. The quantitative estimate of drug-likeness (QED) is 0.712. The number of H-pyrrole nitrogens is 1. The Kier molecular flexibility index (Phi) is 1.73. The lowest BCUT2D eigenvalue weighted by molar-refractivity contribution is 0.100. The number of halogens is 1. The van der Waals surface area contributed by atoms with E-state index in [1.807, 2.05) is 0 Å². The van der Waals surface area contributed by atoms with E-state index in [4.69, 9.17) is 5.73 Å². The number of amides is 1. The highest BCUT2D eigenvalue weighted by Crippen LogP contribution is 2.19. The van der Waals surface area contributed by atoms with Gasteiger partial charge in [0.2, 0.25) is 0 Å². The molecule has 0 unspecified atom stereocenters. The molecule has 0 aliphatic rings. The molecule has 1 aromatic heterocycles. The molecule has 1 amide bonds. The first-order chi connectivity index (χ1) is 6.59. The summed E-state index contributed by atoms with van der Waals surface area (Å²) in [6.07, 6.45) is 0. The second-order valence-electron chi connectivity index (χ2n) is 3.01. The van der Waals surface area contributed by atoms with Crippen molar-refractivity contribution < 1.29 is 9.18 Å². The number of aromatic nitrogens is 2. The Bertz CT molecular complexity index is 518. The molecule has 2 aromatic rings. The van der Waals surface area contributed by atoms with Crippen molar-refractivity contribution in [2.75, 3.05) is 0 Å². The van der Waals surface area contributed by atoms with Gasteiger partial charge in [0.1, 0.15) is 11.3 Å². The van der Waals surface area contributed by atoms with Crippen molar-refractivity contribution in [2.24, 2.45) is 5.73 Å². The molecule has 0 saturated carbocycles. The fourth-order valence-corrected chi connectivity index (χ4v) is 1.38. The molecule has 0 spiro atoms. The first kappa shape index (κ1) is 8.68. The maximum Gasteiger partial charge on any atom is 0.250 e. The van der Waals surface area contributed by atoms with Crippen LogP contribution in [0.15, 0.2) is 12.1 Å². The Morgan fingerprint density at radius 2 is 2.29 bits per heavy atom. The zero-order valence-corrected chi connectivity index (χ0v) is 7.47. The van der Waals surface area contributed by atoms with Crippen molar-refractivity contribution >= 4 is 16.9 Å². The molecule has 0 saturated heterocycles. The number of aromatic amines is 1. The molecule has 4 nitrogen and oxygen atoms in total. The molecule has 2 rings (SSSR count). The summed E-state index contributed by atoms with van der Waals surface area (Å²) in [5.41, 5.74) is 5.89. The largest absolute Gasteiger partial charge is 0.366 e. The van der Waals surface area contributed by atoms with E-state index in [9.17, 15) is 9.18 Å². The lowest BCUT2D eigenvalue weighted by Gasteiger charge is -1.97. The molecule has 3 N–H and O–H groups in total. The molecule has 0 atom stereocenters. The van der Waals surface area contributed by atoms with E-state index in [0.29, 0.717) is 11.3 Å². The molecule has 0 radical (unpaired) electrons. The summed E-state index contributed by atoms with van der Waals surface area (Å²) in [5.74, 6) is -0.513. The first-order valence-electron chi connectivity index (χ1n) is 4.04. The van der Waals surface area contributed by atoms with Crippen LogP contribution in [0.5, 0.6) is 0 Å². The molecule has 0 fully saturated rings. The molecule has 14 heavy (non-hydrogen) atoms. The molecular weight excluding hydrogens is 185 g/mol. The molecule has 72 valence electrons. The number of benzene rings is 1. The third-order valence-corrected chi connectivity index (χ3v) is 1.98. The predicted octanol–water partition coefficient (Wildman–Crippen LogP) is 1.11. The van der Waals surface area contributed by atoms with Gasteiger partial charge in [-0.2, -0.15) is 0 Å². The Labute approximate surface area is 78.9 Å². The SMILES string of the molecule is Cc1nc2c(F)ccc(C(N)=O)c2[nH]1. The number of rotatable bonds is 1. The van der Waals surface area contributed by atoms with Crippen molar-refractivity contribution in [3.05, 3.63) is 29.3 Å². The summed E-state index contributed by atoms with van der Waals surface area (Å²) in [5, 5.41) is 0. The lowest BCUT2D eigenvalue weighted by Crippen LogP contribution is -2.11. The maximum atomic E-state index is 13.2. The van der Waals surface area contributed by atoms with E-state index < -0.39 is 11.7 Å². The highest BCUT2D eigenvalue weighted by atomic mass is 19.1. The number of hydrogen-bond acceptors (Lipinski definition) is 2. The van der Waals surface area contributed by atoms with Gasteiger partial charge >= 0.3 is 0 Å². The zero-order valence-electron chi connectivity index (χ0n) is 7.47. The van der Waals surface area contributed by atoms with Gasteiger partial charge in [-0.15, -0.1) is 0 Å². The molecule has 0 bridgehead atoms. The van der Waals surface area contributed by atoms with Crippen molar-refractivity contribution in [3.63, 3.8) is 0 Å². The van der Waals surface area contributed by atoms with Gasteiger partial charge in [0, 0.05) is 0 Å². The average molecular weight is 193 g/mol. The second-order valence-corrected chi connectivity index (χ2v) is 3.01. The summed E-state index contributed by atoms with van der Waals surface area (Å²) in [6, 6.07) is 2.53. The molecule has 0 aliphatic carbocycles. The summed E-state index contributed by atoms with van der Waals surface area (Å²) in [6.45, 7) is 1.68. The van der Waals surface area contributed by atoms with Crippen LogP contribution in [0, 0.1) is 12.7 Å². The van der Waals surface area contributed by atoms with E-state index >= 15 is 0 Å². The standard InChI is InChI=1S/C9H8FN3O/c1-4-12-7-5(9(11)14)2-3-6(10)8(7)13-4/h2-3H,1H3,(H2,11,14)(H,12,13). The summed E-state index contributed by atoms with van der Waals surface area (Å²) in [7, 11) is 0. The van der Waals surface area contributed by atoms with E-state index in [1.165, 1.54) is 12.1 Å². The Morgan fingerprint density at radius 3 is 2.93 bits per heavy atom. The number of primary amides is 1. The van der Waals surface area contributed by atoms with Crippen LogP contribution in [0.2, 0.25) is 0 Å². The van der Waals surface area contributed by atoms with Gasteiger partial charge < -0.3 is 10.7 Å². The van der Waals surface area contributed by atoms with Crippen LogP contribution in [-0.2, 0) is 0 Å². The molecule has 5 heteroatoms. The van der Waals surface area contributed by atoms with Crippen molar-refractivity contribution in [1.29, 1.82) is 0 Å². The highest BCUT2D eigenvalue weighted by molar-refractivity contribution is 6.04. The van der Waals surface area contributed by atoms with Crippen LogP contribution in [0.25, 0.3) is 11.0 Å². The predicted molar refractivity (Wildman–Crippen MR) is 49.3 cm³/mol.